The van der Waals surface area contributed by atoms with E-state index in [4.69, 9.17) is 26.3 Å². The van der Waals surface area contributed by atoms with Crippen molar-refractivity contribution in [2.75, 3.05) is 0 Å². The van der Waals surface area contributed by atoms with E-state index in [1.807, 2.05) is 0 Å². The molecular formula is C60H94. The Labute approximate surface area is 373 Å². The number of aryl methyl sites for hydroxylation is 2. The summed E-state index contributed by atoms with van der Waals surface area (Å²) in [6, 6.07) is 17.9. The van der Waals surface area contributed by atoms with Crippen LogP contribution in [0.2, 0.25) is 0 Å². The zero-order valence-electron chi connectivity index (χ0n) is 40.3. The predicted molar refractivity (Wildman–Crippen MR) is 269 cm³/mol. The highest BCUT2D eigenvalue weighted by atomic mass is 14.4. The van der Waals surface area contributed by atoms with E-state index >= 15 is 0 Å². The van der Waals surface area contributed by atoms with Gasteiger partial charge >= 0.3 is 0 Å². The summed E-state index contributed by atoms with van der Waals surface area (Å²) in [6.45, 7) is 30.5. The molecule has 3 aliphatic carbocycles. The lowest BCUT2D eigenvalue weighted by Gasteiger charge is -2.43. The summed E-state index contributed by atoms with van der Waals surface area (Å²) in [5.41, 5.74) is 11.5. The van der Waals surface area contributed by atoms with Crippen LogP contribution >= 0.6 is 0 Å². The second-order valence-electron chi connectivity index (χ2n) is 20.1. The Morgan fingerprint density at radius 1 is 0.450 bits per heavy atom. The van der Waals surface area contributed by atoms with Crippen LogP contribution in [0.4, 0.5) is 0 Å². The molecule has 334 valence electrons. The van der Waals surface area contributed by atoms with E-state index in [1.165, 1.54) is 219 Å². The van der Waals surface area contributed by atoms with E-state index < -0.39 is 0 Å². The second kappa shape index (κ2) is 28.2. The molecule has 2 aromatic rings. The minimum absolute atomic E-state index is 0.556. The fourth-order valence-corrected chi connectivity index (χ4v) is 12.2. The minimum atomic E-state index is 0.556. The van der Waals surface area contributed by atoms with Crippen molar-refractivity contribution in [3.8, 4) is 0 Å². The molecule has 3 aliphatic rings. The van der Waals surface area contributed by atoms with Gasteiger partial charge in [-0.1, -0.05) is 216 Å². The molecule has 0 heteroatoms. The van der Waals surface area contributed by atoms with Gasteiger partial charge in [-0.3, -0.25) is 0 Å². The maximum Gasteiger partial charge on any atom is -0.00653 e. The number of benzene rings is 2. The maximum atomic E-state index is 4.81. The Bertz CT molecular complexity index is 1530. The molecule has 3 saturated carbocycles. The summed E-state index contributed by atoms with van der Waals surface area (Å²) in [5.74, 6) is 4.82. The molecule has 0 saturated heterocycles. The lowest BCUT2D eigenvalue weighted by molar-refractivity contribution is 0.167. The third kappa shape index (κ3) is 15.3. The smallest absolute Gasteiger partial charge is 0.00653 e. The van der Waals surface area contributed by atoms with Crippen molar-refractivity contribution in [3.63, 3.8) is 0 Å². The van der Waals surface area contributed by atoms with Crippen LogP contribution in [0.15, 0.2) is 86.0 Å². The molecule has 0 spiro atoms. The normalized spacial score (nSPS) is 18.8. The molecule has 0 bridgehead atoms. The molecule has 0 N–H and O–H groups in total. The van der Waals surface area contributed by atoms with Gasteiger partial charge in [0.1, 0.15) is 0 Å². The van der Waals surface area contributed by atoms with Gasteiger partial charge in [0, 0.05) is 0 Å². The Balaban J connectivity index is 0.000000265. The lowest BCUT2D eigenvalue weighted by Crippen LogP contribution is -2.34. The fourth-order valence-electron chi connectivity index (χ4n) is 12.2. The predicted octanol–water partition coefficient (Wildman–Crippen LogP) is 19.5. The van der Waals surface area contributed by atoms with Gasteiger partial charge in [0.25, 0.3) is 0 Å². The molecule has 0 amide bonds. The highest BCUT2D eigenvalue weighted by molar-refractivity contribution is 5.69. The van der Waals surface area contributed by atoms with Crippen LogP contribution in [0, 0.1) is 55.3 Å². The van der Waals surface area contributed by atoms with E-state index in [9.17, 15) is 0 Å². The van der Waals surface area contributed by atoms with Crippen molar-refractivity contribution in [2.45, 2.75) is 214 Å². The largest absolute Gasteiger partial charge is 0.0995 e. The number of hydrogen-bond donors (Lipinski definition) is 0. The van der Waals surface area contributed by atoms with Gasteiger partial charge in [0.15, 0.2) is 0 Å². The summed E-state index contributed by atoms with van der Waals surface area (Å²) < 4.78 is 0. The first-order chi connectivity index (χ1) is 29.2. The second-order valence-corrected chi connectivity index (χ2v) is 20.1. The zero-order valence-corrected chi connectivity index (χ0v) is 40.3. The third-order valence-corrected chi connectivity index (χ3v) is 15.6. The van der Waals surface area contributed by atoms with Crippen molar-refractivity contribution in [2.24, 2.45) is 41.4 Å². The van der Waals surface area contributed by atoms with Crippen LogP contribution in [0.3, 0.4) is 0 Å². The Hall–Kier alpha value is -2.60. The van der Waals surface area contributed by atoms with Crippen LogP contribution in [0.5, 0.6) is 0 Å². The maximum absolute atomic E-state index is 4.81. The van der Waals surface area contributed by atoms with Crippen molar-refractivity contribution < 1.29 is 0 Å². The van der Waals surface area contributed by atoms with Crippen LogP contribution in [-0.2, 0) is 0 Å². The van der Waals surface area contributed by atoms with E-state index in [1.54, 1.807) is 5.57 Å². The number of hydrogen-bond acceptors (Lipinski definition) is 0. The van der Waals surface area contributed by atoms with Gasteiger partial charge < -0.3 is 0 Å². The standard InChI is InChI=1S/C30H46.C30H48/c1-5-6-9-17-24(3)29(26-18-10-7-11-19-26)30(27-20-12-8-13-21-27)25(4)28-22-15-14-16-23(28)2;1-6-8-10-15-23-29(26(5)28-22-17-16-18-24(28)3)30(25(4)19-12-9-7-2)27-20-13-11-14-21-27/h14-16,22,26-27,29-30H,3-13,17-21H2,1-2H3;16-18,22,27,29-30H,4-15,19-21,23H2,1-3H3. The molecule has 5 rings (SSSR count). The molecule has 3 fully saturated rings. The Kier molecular flexibility index (Phi) is 23.5. The Morgan fingerprint density at radius 3 is 1.28 bits per heavy atom. The summed E-state index contributed by atoms with van der Waals surface area (Å²) in [7, 11) is 0. The van der Waals surface area contributed by atoms with Crippen LogP contribution in [0.1, 0.15) is 223 Å². The molecule has 0 heterocycles. The van der Waals surface area contributed by atoms with E-state index in [2.05, 4.69) is 83.1 Å². The molecule has 0 aromatic heterocycles. The average Bonchev–Trinajstić information content (AvgIpc) is 3.27. The van der Waals surface area contributed by atoms with Crippen LogP contribution in [-0.4, -0.2) is 0 Å². The molecule has 60 heavy (non-hydrogen) atoms. The van der Waals surface area contributed by atoms with Gasteiger partial charge in [0.2, 0.25) is 0 Å². The van der Waals surface area contributed by atoms with Gasteiger partial charge in [-0.15, -0.1) is 0 Å². The highest BCUT2D eigenvalue weighted by Gasteiger charge is 2.39. The monoisotopic (exact) mass is 815 g/mol. The third-order valence-electron chi connectivity index (χ3n) is 15.6. The number of unbranched alkanes of at least 4 members (excludes halogenated alkanes) is 7. The Morgan fingerprint density at radius 2 is 0.833 bits per heavy atom. The van der Waals surface area contributed by atoms with Gasteiger partial charge in [-0.25, -0.2) is 0 Å². The number of rotatable bonds is 24. The van der Waals surface area contributed by atoms with Crippen molar-refractivity contribution in [1.82, 2.24) is 0 Å². The van der Waals surface area contributed by atoms with Gasteiger partial charge in [-0.05, 0) is 159 Å². The first kappa shape index (κ1) is 50.0. The molecule has 0 aliphatic heterocycles. The van der Waals surface area contributed by atoms with Crippen molar-refractivity contribution in [3.05, 3.63) is 108 Å². The van der Waals surface area contributed by atoms with E-state index in [0.29, 0.717) is 23.7 Å². The molecule has 0 radical (unpaired) electrons. The lowest BCUT2D eigenvalue weighted by atomic mass is 9.61. The van der Waals surface area contributed by atoms with Gasteiger partial charge in [0.05, 0.1) is 0 Å². The van der Waals surface area contributed by atoms with Gasteiger partial charge in [-0.2, -0.15) is 0 Å². The molecule has 0 nitrogen and oxygen atoms in total. The van der Waals surface area contributed by atoms with E-state index in [0.717, 1.165) is 17.8 Å². The summed E-state index contributed by atoms with van der Waals surface area (Å²) >= 11 is 0. The van der Waals surface area contributed by atoms with Crippen LogP contribution in [0.25, 0.3) is 11.1 Å². The van der Waals surface area contributed by atoms with Crippen molar-refractivity contribution in [1.29, 1.82) is 0 Å². The first-order valence-corrected chi connectivity index (χ1v) is 26.1. The van der Waals surface area contributed by atoms with Crippen LogP contribution < -0.4 is 0 Å². The summed E-state index contributed by atoms with van der Waals surface area (Å²) in [4.78, 5) is 0. The SMILES string of the molecule is C=C(CCCCC)C(C1CCCCC1)C(C(=C)c1ccccc1C)C1CCCCC1.C=C(c1ccccc1C)C(CCCCCC)C(C(=C)CCCCC)C1CCCCC1. The molecule has 4 unspecified atom stereocenters. The average molecular weight is 815 g/mol. The fraction of sp³-hybridized carbons (Fsp3) is 0.667. The molecular weight excluding hydrogens is 721 g/mol. The topological polar surface area (TPSA) is 0 Å². The number of allylic oxidation sites excluding steroid dienone is 4. The zero-order chi connectivity index (χ0) is 43.1. The first-order valence-electron chi connectivity index (χ1n) is 26.1. The quantitative estimate of drug-likeness (QED) is 0.0731. The summed E-state index contributed by atoms with van der Waals surface area (Å²) in [6.07, 6.45) is 38.0. The van der Waals surface area contributed by atoms with Crippen molar-refractivity contribution >= 4 is 11.1 Å². The summed E-state index contributed by atoms with van der Waals surface area (Å²) in [5, 5.41) is 0. The highest BCUT2D eigenvalue weighted by Crippen LogP contribution is 2.50. The molecule has 2 aromatic carbocycles. The molecule has 4 atom stereocenters. The minimum Gasteiger partial charge on any atom is -0.0995 e. The van der Waals surface area contributed by atoms with E-state index in [-0.39, 0.29) is 0 Å².